The first-order valence-corrected chi connectivity index (χ1v) is 4.27. The van der Waals surface area contributed by atoms with Crippen molar-refractivity contribution in [1.82, 2.24) is 0 Å². The molecule has 0 aliphatic heterocycles. The molecule has 0 nitrogen and oxygen atoms in total. The fraction of sp³-hybridized carbons (Fsp3) is 0.545. The Morgan fingerprint density at radius 1 is 0.636 bits per heavy atom. The van der Waals surface area contributed by atoms with E-state index in [0.717, 1.165) is 11.8 Å². The molecule has 0 amide bonds. The molecule has 2 aliphatic rings. The summed E-state index contributed by atoms with van der Waals surface area (Å²) < 4.78 is 0. The Morgan fingerprint density at radius 2 is 0.909 bits per heavy atom. The zero-order valence-electron chi connectivity index (χ0n) is 7.00. The van der Waals surface area contributed by atoms with Gasteiger partial charge in [-0.15, -0.1) is 0 Å². The monoisotopic (exact) mass is 148 g/mol. The molecule has 0 heteroatoms. The molecule has 2 aliphatic carbocycles. The second-order valence-corrected chi connectivity index (χ2v) is 3.41. The highest BCUT2D eigenvalue weighted by Gasteiger charge is 2.21. The van der Waals surface area contributed by atoms with Crippen molar-refractivity contribution in [2.24, 2.45) is 11.8 Å². The predicted octanol–water partition coefficient (Wildman–Crippen LogP) is 3.25. The summed E-state index contributed by atoms with van der Waals surface area (Å²) in [5, 5.41) is 0. The maximum Gasteiger partial charge on any atom is -0.0311 e. The normalized spacial score (nSPS) is 34.2. The first-order valence-electron chi connectivity index (χ1n) is 4.27. The van der Waals surface area contributed by atoms with Gasteiger partial charge in [0.15, 0.2) is 0 Å². The number of allylic oxidation sites excluding steroid dienone is 4. The van der Waals surface area contributed by atoms with Crippen molar-refractivity contribution < 1.29 is 0 Å². The lowest BCUT2D eigenvalue weighted by atomic mass is 9.76. The maximum atomic E-state index is 2.35. The third kappa shape index (κ3) is 1.74. The summed E-state index contributed by atoms with van der Waals surface area (Å²) in [6, 6.07) is 0. The first-order chi connectivity index (χ1) is 4.97. The molecule has 0 unspecified atom stereocenters. The number of hydrogen-bond acceptors (Lipinski definition) is 0. The summed E-state index contributed by atoms with van der Waals surface area (Å²) >= 11 is 0. The van der Waals surface area contributed by atoms with E-state index in [9.17, 15) is 0 Å². The van der Waals surface area contributed by atoms with E-state index in [1.807, 2.05) is 0 Å². The molecule has 0 saturated carbocycles. The minimum atomic E-state index is 0. The fourth-order valence-electron chi connectivity index (χ4n) is 2.05. The summed E-state index contributed by atoms with van der Waals surface area (Å²) in [6.45, 7) is 0. The zero-order valence-corrected chi connectivity index (χ0v) is 7.00. The molecule has 0 aromatic heterocycles. The van der Waals surface area contributed by atoms with Crippen LogP contribution in [0.2, 0.25) is 0 Å². The van der Waals surface area contributed by atoms with Crippen LogP contribution in [0.15, 0.2) is 24.3 Å². The Labute approximate surface area is 70.0 Å². The van der Waals surface area contributed by atoms with Crippen molar-refractivity contribution in [2.75, 3.05) is 0 Å². The van der Waals surface area contributed by atoms with Crippen molar-refractivity contribution in [3.63, 3.8) is 0 Å². The Hall–Kier alpha value is -0.520. The van der Waals surface area contributed by atoms with Crippen LogP contribution < -0.4 is 0 Å². The molecule has 0 bridgehead atoms. The van der Waals surface area contributed by atoms with Crippen LogP contribution in [0, 0.1) is 19.3 Å². The van der Waals surface area contributed by atoms with Gasteiger partial charge in [0.1, 0.15) is 0 Å². The molecule has 0 spiro atoms. The molecule has 0 atom stereocenters. The minimum absolute atomic E-state index is 0. The third-order valence-corrected chi connectivity index (χ3v) is 2.76. The maximum absolute atomic E-state index is 2.35. The van der Waals surface area contributed by atoms with Gasteiger partial charge in [0, 0.05) is 0 Å². The van der Waals surface area contributed by atoms with Crippen molar-refractivity contribution in [2.45, 2.75) is 25.7 Å². The Bertz CT molecular complexity index is 129. The van der Waals surface area contributed by atoms with Crippen LogP contribution in [0.4, 0.5) is 0 Å². The van der Waals surface area contributed by atoms with Gasteiger partial charge in [0.2, 0.25) is 0 Å². The molecule has 2 rings (SSSR count). The van der Waals surface area contributed by atoms with Crippen LogP contribution in [-0.4, -0.2) is 0 Å². The van der Waals surface area contributed by atoms with Crippen LogP contribution in [0.5, 0.6) is 0 Å². The summed E-state index contributed by atoms with van der Waals surface area (Å²) in [7, 11) is 0. The highest BCUT2D eigenvalue weighted by molar-refractivity contribution is 5.02. The van der Waals surface area contributed by atoms with Gasteiger partial charge in [-0.2, -0.15) is 0 Å². The molecule has 0 heterocycles. The molecule has 0 aromatic carbocycles. The summed E-state index contributed by atoms with van der Waals surface area (Å²) in [4.78, 5) is 0. The average molecular weight is 148 g/mol. The average Bonchev–Trinajstić information content (AvgIpc) is 2.05. The second-order valence-electron chi connectivity index (χ2n) is 3.41. The molecule has 0 N–H and O–H groups in total. The number of rotatable bonds is 0. The van der Waals surface area contributed by atoms with E-state index in [1.54, 1.807) is 0 Å². The van der Waals surface area contributed by atoms with Gasteiger partial charge in [-0.05, 0) is 37.5 Å². The van der Waals surface area contributed by atoms with Crippen molar-refractivity contribution in [3.8, 4) is 0 Å². The Balaban J connectivity index is 0.000000605. The van der Waals surface area contributed by atoms with Gasteiger partial charge >= 0.3 is 0 Å². The van der Waals surface area contributed by atoms with E-state index in [0.29, 0.717) is 0 Å². The van der Waals surface area contributed by atoms with E-state index < -0.39 is 0 Å². The van der Waals surface area contributed by atoms with Crippen molar-refractivity contribution in [3.05, 3.63) is 31.7 Å². The highest BCUT2D eigenvalue weighted by Crippen LogP contribution is 2.34. The quantitative estimate of drug-likeness (QED) is 0.463. The summed E-state index contributed by atoms with van der Waals surface area (Å²) in [5.41, 5.74) is 0. The molecule has 11 heavy (non-hydrogen) atoms. The largest absolute Gasteiger partial charge is 0.0882 e. The van der Waals surface area contributed by atoms with Crippen molar-refractivity contribution >= 4 is 0 Å². The second kappa shape index (κ2) is 3.75. The van der Waals surface area contributed by atoms with E-state index in [4.69, 9.17) is 0 Å². The van der Waals surface area contributed by atoms with E-state index in [-0.39, 0.29) is 7.43 Å². The summed E-state index contributed by atoms with van der Waals surface area (Å²) in [6.07, 6.45) is 14.7. The van der Waals surface area contributed by atoms with Gasteiger partial charge in [0.25, 0.3) is 0 Å². The van der Waals surface area contributed by atoms with Crippen LogP contribution >= 0.6 is 0 Å². The standard InChI is InChI=1S/C10H14.CH2/c1-2-6-10-8-4-3-7-9(10)5-1;/h1-4,9-10H,5-8H2;1H2. The molecule has 0 fully saturated rings. The predicted molar refractivity (Wildman–Crippen MR) is 49.1 cm³/mol. The van der Waals surface area contributed by atoms with Crippen LogP contribution in [0.3, 0.4) is 0 Å². The number of fused-ring (bicyclic) bond motifs is 1. The Kier molecular flexibility index (Phi) is 2.92. The molecule has 2 radical (unpaired) electrons. The van der Waals surface area contributed by atoms with Crippen LogP contribution in [-0.2, 0) is 0 Å². The van der Waals surface area contributed by atoms with Gasteiger partial charge in [-0.25, -0.2) is 0 Å². The lowest BCUT2D eigenvalue weighted by molar-refractivity contribution is 0.315. The van der Waals surface area contributed by atoms with Gasteiger partial charge in [-0.1, -0.05) is 31.7 Å². The molecule has 0 aromatic rings. The third-order valence-electron chi connectivity index (χ3n) is 2.76. The SMILES string of the molecule is C1=CCC2CC=CCC2C1.[CH2]. The topological polar surface area (TPSA) is 0 Å². The minimum Gasteiger partial charge on any atom is -0.0882 e. The zero-order chi connectivity index (χ0) is 6.81. The molecular weight excluding hydrogens is 132 g/mol. The first kappa shape index (κ1) is 8.58. The smallest absolute Gasteiger partial charge is 0.0311 e. The lowest BCUT2D eigenvalue weighted by Gasteiger charge is -2.29. The van der Waals surface area contributed by atoms with Gasteiger partial charge in [0.05, 0.1) is 0 Å². The van der Waals surface area contributed by atoms with Crippen LogP contribution in [0.1, 0.15) is 25.7 Å². The van der Waals surface area contributed by atoms with Crippen LogP contribution in [0.25, 0.3) is 0 Å². The highest BCUT2D eigenvalue weighted by atomic mass is 14.3. The van der Waals surface area contributed by atoms with Gasteiger partial charge in [-0.3, -0.25) is 0 Å². The van der Waals surface area contributed by atoms with Gasteiger partial charge < -0.3 is 0 Å². The van der Waals surface area contributed by atoms with E-state index in [1.165, 1.54) is 25.7 Å². The van der Waals surface area contributed by atoms with E-state index >= 15 is 0 Å². The fourth-order valence-corrected chi connectivity index (χ4v) is 2.05. The number of hydrogen-bond donors (Lipinski definition) is 0. The Morgan fingerprint density at radius 3 is 1.18 bits per heavy atom. The molecule has 60 valence electrons. The van der Waals surface area contributed by atoms with Crippen molar-refractivity contribution in [1.29, 1.82) is 0 Å². The molecular formula is C11H16. The molecule has 0 saturated heterocycles. The lowest BCUT2D eigenvalue weighted by Crippen LogP contribution is -2.17. The van der Waals surface area contributed by atoms with E-state index in [2.05, 4.69) is 24.3 Å². The summed E-state index contributed by atoms with van der Waals surface area (Å²) in [5.74, 6) is 1.96.